The first-order valence-corrected chi connectivity index (χ1v) is 6.78. The van der Waals surface area contributed by atoms with Crippen molar-refractivity contribution in [3.8, 4) is 17.0 Å². The first-order chi connectivity index (χ1) is 9.61. The molecule has 20 heavy (non-hydrogen) atoms. The smallest absolute Gasteiger partial charge is 0.348 e. The third-order valence-corrected chi connectivity index (χ3v) is 4.12. The van der Waals surface area contributed by atoms with Crippen molar-refractivity contribution in [2.24, 2.45) is 0 Å². The van der Waals surface area contributed by atoms with Crippen LogP contribution in [0.3, 0.4) is 0 Å². The minimum atomic E-state index is -0.947. The molecule has 0 fully saturated rings. The lowest BCUT2D eigenvalue weighted by Gasteiger charge is -2.06. The zero-order valence-electron chi connectivity index (χ0n) is 11.0. The van der Waals surface area contributed by atoms with Gasteiger partial charge in [-0.05, 0) is 19.1 Å². The number of ether oxygens (including phenoxy) is 1. The SMILES string of the molecule is COc1cccc(-c2c(C(=O)O)sc3ncc(C)n23)c1. The molecule has 102 valence electrons. The summed E-state index contributed by atoms with van der Waals surface area (Å²) >= 11 is 1.17. The Morgan fingerprint density at radius 3 is 2.95 bits per heavy atom. The Morgan fingerprint density at radius 1 is 1.45 bits per heavy atom. The molecule has 6 heteroatoms. The van der Waals surface area contributed by atoms with Crippen molar-refractivity contribution in [1.82, 2.24) is 9.38 Å². The highest BCUT2D eigenvalue weighted by molar-refractivity contribution is 7.19. The Kier molecular flexibility index (Phi) is 2.94. The number of hydrogen-bond donors (Lipinski definition) is 1. The van der Waals surface area contributed by atoms with E-state index in [0.29, 0.717) is 16.4 Å². The average molecular weight is 288 g/mol. The Hall–Kier alpha value is -2.34. The number of carboxylic acids is 1. The third-order valence-electron chi connectivity index (χ3n) is 3.08. The fourth-order valence-electron chi connectivity index (χ4n) is 2.18. The molecule has 0 radical (unpaired) electrons. The van der Waals surface area contributed by atoms with E-state index in [2.05, 4.69) is 4.98 Å². The first kappa shape index (κ1) is 12.7. The molecule has 2 aromatic heterocycles. The maximum atomic E-state index is 11.5. The van der Waals surface area contributed by atoms with Crippen LogP contribution >= 0.6 is 11.3 Å². The Morgan fingerprint density at radius 2 is 2.25 bits per heavy atom. The van der Waals surface area contributed by atoms with E-state index in [1.807, 2.05) is 35.6 Å². The molecule has 0 aliphatic carbocycles. The van der Waals surface area contributed by atoms with E-state index in [1.54, 1.807) is 13.3 Å². The van der Waals surface area contributed by atoms with Gasteiger partial charge in [0.05, 0.1) is 12.8 Å². The Balaban J connectivity index is 2.34. The topological polar surface area (TPSA) is 63.8 Å². The maximum absolute atomic E-state index is 11.5. The molecule has 0 unspecified atom stereocenters. The van der Waals surface area contributed by atoms with Gasteiger partial charge in [-0.3, -0.25) is 4.40 Å². The molecule has 0 atom stereocenters. The van der Waals surface area contributed by atoms with Gasteiger partial charge in [0.2, 0.25) is 0 Å². The van der Waals surface area contributed by atoms with Gasteiger partial charge in [0, 0.05) is 17.5 Å². The standard InChI is InChI=1S/C14H12N2O3S/c1-8-7-15-14-16(8)11(12(20-14)13(17)18)9-4-3-5-10(6-9)19-2/h3-7H,1-2H3,(H,17,18). The molecule has 3 rings (SSSR count). The van der Waals surface area contributed by atoms with Crippen molar-refractivity contribution in [1.29, 1.82) is 0 Å². The third kappa shape index (κ3) is 1.85. The number of hydrogen-bond acceptors (Lipinski definition) is 4. The molecule has 5 nitrogen and oxygen atoms in total. The van der Waals surface area contributed by atoms with E-state index >= 15 is 0 Å². The lowest BCUT2D eigenvalue weighted by Crippen LogP contribution is -1.99. The quantitative estimate of drug-likeness (QED) is 0.804. The van der Waals surface area contributed by atoms with Crippen LogP contribution in [-0.4, -0.2) is 27.6 Å². The van der Waals surface area contributed by atoms with Crippen molar-refractivity contribution >= 4 is 22.3 Å². The van der Waals surface area contributed by atoms with E-state index in [9.17, 15) is 9.90 Å². The monoisotopic (exact) mass is 288 g/mol. The molecular weight excluding hydrogens is 276 g/mol. The number of fused-ring (bicyclic) bond motifs is 1. The number of benzene rings is 1. The molecule has 0 bridgehead atoms. The number of imidazole rings is 1. The molecule has 0 aliphatic rings. The number of methoxy groups -OCH3 is 1. The molecule has 0 saturated heterocycles. The summed E-state index contributed by atoms with van der Waals surface area (Å²) in [6.45, 7) is 1.90. The summed E-state index contributed by atoms with van der Waals surface area (Å²) in [6, 6.07) is 7.37. The van der Waals surface area contributed by atoms with Gasteiger partial charge >= 0.3 is 5.97 Å². The minimum Gasteiger partial charge on any atom is -0.497 e. The predicted molar refractivity (Wildman–Crippen MR) is 76.8 cm³/mol. The summed E-state index contributed by atoms with van der Waals surface area (Å²) < 4.78 is 7.07. The molecule has 2 heterocycles. The largest absolute Gasteiger partial charge is 0.497 e. The highest BCUT2D eigenvalue weighted by Crippen LogP contribution is 2.34. The fraction of sp³-hybridized carbons (Fsp3) is 0.143. The normalized spacial score (nSPS) is 10.9. The number of aromatic carboxylic acids is 1. The van der Waals surface area contributed by atoms with Crippen molar-refractivity contribution in [3.63, 3.8) is 0 Å². The number of aryl methyl sites for hydroxylation is 1. The van der Waals surface area contributed by atoms with Crippen molar-refractivity contribution in [2.45, 2.75) is 6.92 Å². The van der Waals surface area contributed by atoms with E-state index in [-0.39, 0.29) is 4.88 Å². The number of thiazole rings is 1. The minimum absolute atomic E-state index is 0.282. The molecule has 0 spiro atoms. The molecule has 3 aromatic rings. The number of rotatable bonds is 3. The number of carboxylic acid groups (broad SMARTS) is 1. The second-order valence-electron chi connectivity index (χ2n) is 4.33. The van der Waals surface area contributed by atoms with Crippen LogP contribution in [0, 0.1) is 6.92 Å². The van der Waals surface area contributed by atoms with Crippen LogP contribution in [0.25, 0.3) is 16.2 Å². The van der Waals surface area contributed by atoms with Gasteiger partial charge in [-0.15, -0.1) is 0 Å². The fourth-order valence-corrected chi connectivity index (χ4v) is 3.18. The maximum Gasteiger partial charge on any atom is 0.348 e. The van der Waals surface area contributed by atoms with Crippen molar-refractivity contribution in [3.05, 3.63) is 41.0 Å². The molecular formula is C14H12N2O3S. The summed E-state index contributed by atoms with van der Waals surface area (Å²) in [5, 5.41) is 9.40. The van der Waals surface area contributed by atoms with Crippen LogP contribution in [0.2, 0.25) is 0 Å². The summed E-state index contributed by atoms with van der Waals surface area (Å²) in [5.74, 6) is -0.256. The Labute approximate surface area is 119 Å². The molecule has 1 aromatic carbocycles. The van der Waals surface area contributed by atoms with Crippen LogP contribution in [-0.2, 0) is 0 Å². The zero-order chi connectivity index (χ0) is 14.3. The van der Waals surface area contributed by atoms with Gasteiger partial charge < -0.3 is 9.84 Å². The van der Waals surface area contributed by atoms with Crippen LogP contribution in [0.1, 0.15) is 15.4 Å². The number of aromatic nitrogens is 2. The highest BCUT2D eigenvalue weighted by Gasteiger charge is 2.21. The lowest BCUT2D eigenvalue weighted by molar-refractivity contribution is 0.0702. The average Bonchev–Trinajstić information content (AvgIpc) is 2.99. The first-order valence-electron chi connectivity index (χ1n) is 5.96. The summed E-state index contributed by atoms with van der Waals surface area (Å²) in [4.78, 5) is 16.7. The van der Waals surface area contributed by atoms with Gasteiger partial charge in [-0.25, -0.2) is 9.78 Å². The van der Waals surface area contributed by atoms with Crippen LogP contribution in [0.15, 0.2) is 30.5 Å². The van der Waals surface area contributed by atoms with Gasteiger partial charge in [0.15, 0.2) is 4.96 Å². The van der Waals surface area contributed by atoms with Gasteiger partial charge in [0.25, 0.3) is 0 Å². The van der Waals surface area contributed by atoms with E-state index < -0.39 is 5.97 Å². The number of nitrogens with zero attached hydrogens (tertiary/aromatic N) is 2. The predicted octanol–water partition coefficient (Wildman–Crippen LogP) is 3.08. The summed E-state index contributed by atoms with van der Waals surface area (Å²) in [6.07, 6.45) is 1.74. The summed E-state index contributed by atoms with van der Waals surface area (Å²) in [5.41, 5.74) is 2.35. The molecule has 0 aliphatic heterocycles. The molecule has 1 N–H and O–H groups in total. The van der Waals surface area contributed by atoms with Gasteiger partial charge in [-0.2, -0.15) is 0 Å². The lowest BCUT2D eigenvalue weighted by atomic mass is 10.1. The highest BCUT2D eigenvalue weighted by atomic mass is 32.1. The van der Waals surface area contributed by atoms with Crippen molar-refractivity contribution in [2.75, 3.05) is 7.11 Å². The van der Waals surface area contributed by atoms with Crippen LogP contribution in [0.5, 0.6) is 5.75 Å². The van der Waals surface area contributed by atoms with Crippen molar-refractivity contribution < 1.29 is 14.6 Å². The van der Waals surface area contributed by atoms with Gasteiger partial charge in [-0.1, -0.05) is 23.5 Å². The van der Waals surface area contributed by atoms with Gasteiger partial charge in [0.1, 0.15) is 10.6 Å². The molecule has 0 saturated carbocycles. The zero-order valence-corrected chi connectivity index (χ0v) is 11.8. The molecule has 0 amide bonds. The van der Waals surface area contributed by atoms with E-state index in [1.165, 1.54) is 11.3 Å². The number of carbonyl (C=O) groups is 1. The van der Waals surface area contributed by atoms with E-state index in [0.717, 1.165) is 11.3 Å². The Bertz CT molecular complexity index is 804. The second-order valence-corrected chi connectivity index (χ2v) is 5.31. The van der Waals surface area contributed by atoms with Crippen LogP contribution < -0.4 is 4.74 Å². The summed E-state index contributed by atoms with van der Waals surface area (Å²) in [7, 11) is 1.59. The van der Waals surface area contributed by atoms with E-state index in [4.69, 9.17) is 4.74 Å². The second kappa shape index (κ2) is 4.64. The van der Waals surface area contributed by atoms with Crippen LogP contribution in [0.4, 0.5) is 0 Å².